The van der Waals surface area contributed by atoms with Crippen LogP contribution in [0.5, 0.6) is 11.5 Å². The lowest BCUT2D eigenvalue weighted by Gasteiger charge is -2.24. The maximum Gasteiger partial charge on any atom is 0.129 e. The lowest BCUT2D eigenvalue weighted by Crippen LogP contribution is -2.18. The van der Waals surface area contributed by atoms with Gasteiger partial charge >= 0.3 is 0 Å². The van der Waals surface area contributed by atoms with Crippen molar-refractivity contribution in [2.75, 3.05) is 21.3 Å². The van der Waals surface area contributed by atoms with Gasteiger partial charge in [-0.15, -0.1) is 0 Å². The smallest absolute Gasteiger partial charge is 0.129 e. The number of aliphatic hydroxyl groups is 1. The van der Waals surface area contributed by atoms with Gasteiger partial charge in [0.05, 0.1) is 32.0 Å². The number of methoxy groups -OCH3 is 3. The fourth-order valence-corrected chi connectivity index (χ4v) is 1.82. The predicted octanol–water partition coefficient (Wildman–Crippen LogP) is 2.08. The van der Waals surface area contributed by atoms with E-state index in [9.17, 15) is 5.11 Å². The minimum atomic E-state index is -1.03. The van der Waals surface area contributed by atoms with Gasteiger partial charge in [0.2, 0.25) is 0 Å². The van der Waals surface area contributed by atoms with Gasteiger partial charge < -0.3 is 19.3 Å². The Balaban J connectivity index is 3.36. The van der Waals surface area contributed by atoms with E-state index in [0.29, 0.717) is 23.7 Å². The van der Waals surface area contributed by atoms with Gasteiger partial charge in [-0.25, -0.2) is 0 Å². The Hall–Kier alpha value is -1.26. The number of hydrogen-bond acceptors (Lipinski definition) is 4. The van der Waals surface area contributed by atoms with Crippen molar-refractivity contribution in [1.29, 1.82) is 0 Å². The molecule has 1 rings (SSSR count). The van der Waals surface area contributed by atoms with Crippen LogP contribution in [0.3, 0.4) is 0 Å². The molecular weight excluding hydrogens is 220 g/mol. The molecule has 1 aromatic rings. The molecule has 0 unspecified atom stereocenters. The largest absolute Gasteiger partial charge is 0.496 e. The van der Waals surface area contributed by atoms with Crippen molar-refractivity contribution in [3.63, 3.8) is 0 Å². The van der Waals surface area contributed by atoms with E-state index in [4.69, 9.17) is 14.2 Å². The minimum absolute atomic E-state index is 0.471. The van der Waals surface area contributed by atoms with Crippen LogP contribution in [0.2, 0.25) is 0 Å². The molecule has 0 amide bonds. The first-order chi connectivity index (χ1) is 7.93. The van der Waals surface area contributed by atoms with E-state index in [1.54, 1.807) is 35.2 Å². The average molecular weight is 240 g/mol. The van der Waals surface area contributed by atoms with Crippen LogP contribution >= 0.6 is 0 Å². The second-order valence-electron chi connectivity index (χ2n) is 4.37. The van der Waals surface area contributed by atoms with Gasteiger partial charge in [-0.05, 0) is 31.5 Å². The van der Waals surface area contributed by atoms with E-state index in [2.05, 4.69) is 0 Å². The van der Waals surface area contributed by atoms with Crippen LogP contribution in [0.15, 0.2) is 12.1 Å². The molecule has 0 heterocycles. The maximum atomic E-state index is 10.1. The van der Waals surface area contributed by atoms with Gasteiger partial charge in [0.25, 0.3) is 0 Å². The molecule has 1 aromatic carbocycles. The second kappa shape index (κ2) is 5.38. The van der Waals surface area contributed by atoms with Crippen LogP contribution in [0, 0.1) is 0 Å². The van der Waals surface area contributed by atoms with E-state index in [0.717, 1.165) is 5.56 Å². The first kappa shape index (κ1) is 13.8. The molecular formula is C13H20O4. The van der Waals surface area contributed by atoms with Crippen molar-refractivity contribution in [2.24, 2.45) is 0 Å². The molecule has 0 aromatic heterocycles. The molecule has 0 saturated heterocycles. The fourth-order valence-electron chi connectivity index (χ4n) is 1.82. The van der Waals surface area contributed by atoms with Crippen molar-refractivity contribution in [1.82, 2.24) is 0 Å². The Morgan fingerprint density at radius 3 is 1.82 bits per heavy atom. The molecule has 0 saturated carbocycles. The van der Waals surface area contributed by atoms with Gasteiger partial charge in [0, 0.05) is 7.11 Å². The Morgan fingerprint density at radius 1 is 1.06 bits per heavy atom. The highest BCUT2D eigenvalue weighted by Gasteiger charge is 2.26. The summed E-state index contributed by atoms with van der Waals surface area (Å²) in [7, 11) is 4.77. The highest BCUT2D eigenvalue weighted by Crippen LogP contribution is 2.38. The van der Waals surface area contributed by atoms with E-state index in [-0.39, 0.29) is 0 Å². The monoisotopic (exact) mass is 240 g/mol. The topological polar surface area (TPSA) is 47.9 Å². The molecule has 0 aliphatic carbocycles. The zero-order valence-electron chi connectivity index (χ0n) is 11.0. The van der Waals surface area contributed by atoms with Crippen molar-refractivity contribution in [3.05, 3.63) is 23.3 Å². The molecule has 0 bridgehead atoms. The van der Waals surface area contributed by atoms with Gasteiger partial charge in [-0.3, -0.25) is 0 Å². The summed E-state index contributed by atoms with van der Waals surface area (Å²) in [6.45, 7) is 3.87. The second-order valence-corrected chi connectivity index (χ2v) is 4.37. The van der Waals surface area contributed by atoms with Crippen molar-refractivity contribution in [2.45, 2.75) is 26.1 Å². The summed E-state index contributed by atoms with van der Waals surface area (Å²) in [5.41, 5.74) is 0.555. The van der Waals surface area contributed by atoms with Crippen molar-refractivity contribution >= 4 is 0 Å². The Kier molecular flexibility index (Phi) is 4.37. The van der Waals surface area contributed by atoms with E-state index >= 15 is 0 Å². The summed E-state index contributed by atoms with van der Waals surface area (Å²) in [5, 5.41) is 10.1. The standard InChI is InChI=1S/C13H20O4/c1-13(2,14)12-10(16-4)6-9(8-15-3)7-11(12)17-5/h6-7,14H,8H2,1-5H3. The lowest BCUT2D eigenvalue weighted by molar-refractivity contribution is 0.0724. The highest BCUT2D eigenvalue weighted by molar-refractivity contribution is 5.50. The number of ether oxygens (including phenoxy) is 3. The molecule has 4 nitrogen and oxygen atoms in total. The van der Waals surface area contributed by atoms with E-state index < -0.39 is 5.60 Å². The normalized spacial score (nSPS) is 11.4. The SMILES string of the molecule is COCc1cc(OC)c(C(C)(C)O)c(OC)c1. The molecule has 0 aliphatic heterocycles. The molecule has 0 aliphatic rings. The zero-order valence-corrected chi connectivity index (χ0v) is 11.0. The predicted molar refractivity (Wildman–Crippen MR) is 65.5 cm³/mol. The first-order valence-corrected chi connectivity index (χ1v) is 5.40. The quantitative estimate of drug-likeness (QED) is 0.856. The van der Waals surface area contributed by atoms with Crippen LogP contribution in [0.1, 0.15) is 25.0 Å². The summed E-state index contributed by atoms with van der Waals surface area (Å²) in [6, 6.07) is 3.69. The number of hydrogen-bond donors (Lipinski definition) is 1. The van der Waals surface area contributed by atoms with Gasteiger partial charge in [0.1, 0.15) is 11.5 Å². The van der Waals surface area contributed by atoms with E-state index in [1.165, 1.54) is 0 Å². The molecule has 0 spiro atoms. The van der Waals surface area contributed by atoms with Gasteiger partial charge in [-0.1, -0.05) is 0 Å². The summed E-state index contributed by atoms with van der Waals surface area (Å²) in [4.78, 5) is 0. The van der Waals surface area contributed by atoms with Crippen molar-refractivity contribution in [3.8, 4) is 11.5 Å². The molecule has 0 radical (unpaired) electrons. The molecule has 17 heavy (non-hydrogen) atoms. The number of rotatable bonds is 5. The molecule has 96 valence electrons. The molecule has 0 atom stereocenters. The fraction of sp³-hybridized carbons (Fsp3) is 0.538. The van der Waals surface area contributed by atoms with Crippen LogP contribution in [0.4, 0.5) is 0 Å². The van der Waals surface area contributed by atoms with Crippen LogP contribution in [-0.2, 0) is 16.9 Å². The third-order valence-corrected chi connectivity index (χ3v) is 2.49. The minimum Gasteiger partial charge on any atom is -0.496 e. The summed E-state index contributed by atoms with van der Waals surface area (Å²) in [6.07, 6.45) is 0. The lowest BCUT2D eigenvalue weighted by atomic mass is 9.94. The highest BCUT2D eigenvalue weighted by atomic mass is 16.5. The average Bonchev–Trinajstić information content (AvgIpc) is 2.26. The third-order valence-electron chi connectivity index (χ3n) is 2.49. The molecule has 1 N–H and O–H groups in total. The van der Waals surface area contributed by atoms with Crippen LogP contribution in [0.25, 0.3) is 0 Å². The Morgan fingerprint density at radius 2 is 1.53 bits per heavy atom. The Labute approximate surface area is 102 Å². The number of benzene rings is 1. The summed E-state index contributed by atoms with van der Waals surface area (Å²) in [5.74, 6) is 1.20. The van der Waals surface area contributed by atoms with Crippen LogP contribution in [-0.4, -0.2) is 26.4 Å². The maximum absolute atomic E-state index is 10.1. The van der Waals surface area contributed by atoms with E-state index in [1.807, 2.05) is 12.1 Å². The summed E-state index contributed by atoms with van der Waals surface area (Å²) < 4.78 is 15.7. The zero-order chi connectivity index (χ0) is 13.1. The van der Waals surface area contributed by atoms with Crippen LogP contribution < -0.4 is 9.47 Å². The first-order valence-electron chi connectivity index (χ1n) is 5.40. The van der Waals surface area contributed by atoms with Crippen molar-refractivity contribution < 1.29 is 19.3 Å². The molecule has 4 heteroatoms. The van der Waals surface area contributed by atoms with Gasteiger partial charge in [-0.2, -0.15) is 0 Å². The molecule has 0 fully saturated rings. The van der Waals surface area contributed by atoms with Gasteiger partial charge in [0.15, 0.2) is 0 Å². The summed E-state index contributed by atoms with van der Waals surface area (Å²) >= 11 is 0. The third kappa shape index (κ3) is 3.11. The Bertz CT molecular complexity index is 354.